The first kappa shape index (κ1) is 19.1. The van der Waals surface area contributed by atoms with Gasteiger partial charge < -0.3 is 5.32 Å². The molecule has 1 heterocycles. The van der Waals surface area contributed by atoms with E-state index in [0.29, 0.717) is 17.8 Å². The Morgan fingerprint density at radius 1 is 0.963 bits per heavy atom. The van der Waals surface area contributed by atoms with Gasteiger partial charge in [0.15, 0.2) is 0 Å². The lowest BCUT2D eigenvalue weighted by Gasteiger charge is -2.09. The Morgan fingerprint density at radius 2 is 1.63 bits per heavy atom. The highest BCUT2D eigenvalue weighted by atomic mass is 32.2. The molecule has 7 heteroatoms. The number of amides is 1. The molecule has 3 aromatic rings. The number of benzene rings is 2. The summed E-state index contributed by atoms with van der Waals surface area (Å²) in [5.41, 5.74) is 3.10. The van der Waals surface area contributed by atoms with Crippen molar-refractivity contribution in [2.75, 3.05) is 4.72 Å². The summed E-state index contributed by atoms with van der Waals surface area (Å²) in [6, 6.07) is 15.0. The van der Waals surface area contributed by atoms with Crippen LogP contribution in [0.2, 0.25) is 0 Å². The van der Waals surface area contributed by atoms with Crippen molar-refractivity contribution >= 4 is 33.0 Å². The number of hydrogen-bond donors (Lipinski definition) is 2. The van der Waals surface area contributed by atoms with Gasteiger partial charge in [-0.25, -0.2) is 8.42 Å². The molecule has 27 heavy (non-hydrogen) atoms. The zero-order chi connectivity index (χ0) is 19.4. The van der Waals surface area contributed by atoms with Gasteiger partial charge in [0, 0.05) is 16.1 Å². The van der Waals surface area contributed by atoms with E-state index in [1.807, 2.05) is 37.4 Å². The highest BCUT2D eigenvalue weighted by Gasteiger charge is 2.15. The molecule has 0 saturated heterocycles. The summed E-state index contributed by atoms with van der Waals surface area (Å²) in [7, 11) is -3.70. The Kier molecular flexibility index (Phi) is 5.62. The van der Waals surface area contributed by atoms with Crippen LogP contribution < -0.4 is 10.0 Å². The molecule has 0 unspecified atom stereocenters. The monoisotopic (exact) mass is 400 g/mol. The van der Waals surface area contributed by atoms with Gasteiger partial charge in [0.25, 0.3) is 15.9 Å². The first-order valence-electron chi connectivity index (χ1n) is 8.36. The number of carbonyl (C=O) groups is 1. The summed E-state index contributed by atoms with van der Waals surface area (Å²) in [4.78, 5) is 13.5. The van der Waals surface area contributed by atoms with Crippen molar-refractivity contribution in [3.05, 3.63) is 81.5 Å². The fourth-order valence-corrected chi connectivity index (χ4v) is 4.37. The predicted molar refractivity (Wildman–Crippen MR) is 109 cm³/mol. The summed E-state index contributed by atoms with van der Waals surface area (Å²) >= 11 is 1.59. The van der Waals surface area contributed by atoms with Crippen molar-refractivity contribution in [2.45, 2.75) is 25.3 Å². The van der Waals surface area contributed by atoms with Crippen LogP contribution in [0.4, 0.5) is 5.69 Å². The van der Waals surface area contributed by atoms with Gasteiger partial charge in [0.05, 0.1) is 11.4 Å². The standard InChI is InChI=1S/C20H20N2O3S2/c1-14-3-7-17(8-4-14)22-27(24,25)18-9-5-16(6-10-18)20(23)21-13-19-15(2)11-12-26-19/h3-12,22H,13H2,1-2H3,(H,21,23). The molecular weight excluding hydrogens is 380 g/mol. The molecule has 0 aliphatic carbocycles. The molecule has 0 atom stereocenters. The third kappa shape index (κ3) is 4.75. The lowest BCUT2D eigenvalue weighted by Crippen LogP contribution is -2.22. The largest absolute Gasteiger partial charge is 0.347 e. The quantitative estimate of drug-likeness (QED) is 0.654. The maximum absolute atomic E-state index is 12.5. The summed E-state index contributed by atoms with van der Waals surface area (Å²) in [5, 5.41) is 4.84. The van der Waals surface area contributed by atoms with Crippen molar-refractivity contribution in [3.8, 4) is 0 Å². The fraction of sp³-hybridized carbons (Fsp3) is 0.150. The van der Waals surface area contributed by atoms with Crippen LogP contribution >= 0.6 is 11.3 Å². The van der Waals surface area contributed by atoms with Crippen LogP contribution in [0.3, 0.4) is 0 Å². The number of anilines is 1. The van der Waals surface area contributed by atoms with Gasteiger partial charge in [-0.1, -0.05) is 17.7 Å². The molecule has 140 valence electrons. The van der Waals surface area contributed by atoms with Gasteiger partial charge in [0.1, 0.15) is 0 Å². The Labute approximate surface area is 163 Å². The summed E-state index contributed by atoms with van der Waals surface area (Å²) < 4.78 is 27.5. The molecule has 3 rings (SSSR count). The molecule has 0 radical (unpaired) electrons. The topological polar surface area (TPSA) is 75.3 Å². The van der Waals surface area contributed by atoms with Crippen molar-refractivity contribution < 1.29 is 13.2 Å². The molecule has 2 aromatic carbocycles. The SMILES string of the molecule is Cc1ccc(NS(=O)(=O)c2ccc(C(=O)NCc3sccc3C)cc2)cc1. The van der Waals surface area contributed by atoms with E-state index in [4.69, 9.17) is 0 Å². The molecule has 0 aliphatic rings. The highest BCUT2D eigenvalue weighted by molar-refractivity contribution is 7.92. The number of aryl methyl sites for hydroxylation is 2. The third-order valence-corrected chi connectivity index (χ3v) is 6.53. The first-order chi connectivity index (χ1) is 12.8. The molecule has 1 amide bonds. The Hall–Kier alpha value is -2.64. The van der Waals surface area contributed by atoms with E-state index in [0.717, 1.165) is 16.0 Å². The first-order valence-corrected chi connectivity index (χ1v) is 10.7. The minimum atomic E-state index is -3.70. The van der Waals surface area contributed by atoms with Gasteiger partial charge in [-0.15, -0.1) is 11.3 Å². The smallest absolute Gasteiger partial charge is 0.261 e. The Balaban J connectivity index is 1.67. The van der Waals surface area contributed by atoms with Gasteiger partial charge >= 0.3 is 0 Å². The summed E-state index contributed by atoms with van der Waals surface area (Å²) in [6.07, 6.45) is 0. The maximum atomic E-state index is 12.5. The van der Waals surface area contributed by atoms with E-state index in [1.165, 1.54) is 24.3 Å². The number of nitrogens with one attached hydrogen (secondary N) is 2. The molecule has 1 aromatic heterocycles. The molecule has 2 N–H and O–H groups in total. The van der Waals surface area contributed by atoms with Crippen LogP contribution in [0.5, 0.6) is 0 Å². The van der Waals surface area contributed by atoms with Gasteiger partial charge in [0.2, 0.25) is 0 Å². The van der Waals surface area contributed by atoms with Crippen LogP contribution in [-0.4, -0.2) is 14.3 Å². The van der Waals surface area contributed by atoms with Crippen molar-refractivity contribution in [2.24, 2.45) is 0 Å². The van der Waals surface area contributed by atoms with E-state index in [-0.39, 0.29) is 10.8 Å². The highest BCUT2D eigenvalue weighted by Crippen LogP contribution is 2.18. The van der Waals surface area contributed by atoms with Crippen molar-refractivity contribution in [3.63, 3.8) is 0 Å². The molecule has 0 spiro atoms. The van der Waals surface area contributed by atoms with Gasteiger partial charge in [-0.3, -0.25) is 9.52 Å². The number of carbonyl (C=O) groups excluding carboxylic acids is 1. The lowest BCUT2D eigenvalue weighted by atomic mass is 10.2. The Morgan fingerprint density at radius 3 is 2.22 bits per heavy atom. The average molecular weight is 401 g/mol. The molecule has 0 aliphatic heterocycles. The number of rotatable bonds is 6. The minimum Gasteiger partial charge on any atom is -0.347 e. The fourth-order valence-electron chi connectivity index (χ4n) is 2.47. The van der Waals surface area contributed by atoms with E-state index in [9.17, 15) is 13.2 Å². The van der Waals surface area contributed by atoms with E-state index >= 15 is 0 Å². The molecule has 0 fully saturated rings. The van der Waals surface area contributed by atoms with Crippen molar-refractivity contribution in [1.29, 1.82) is 0 Å². The van der Waals surface area contributed by atoms with Crippen LogP contribution in [0, 0.1) is 13.8 Å². The maximum Gasteiger partial charge on any atom is 0.261 e. The van der Waals surface area contributed by atoms with Crippen molar-refractivity contribution in [1.82, 2.24) is 5.32 Å². The second-order valence-electron chi connectivity index (χ2n) is 6.21. The second-order valence-corrected chi connectivity index (χ2v) is 8.89. The minimum absolute atomic E-state index is 0.105. The van der Waals surface area contributed by atoms with Gasteiger partial charge in [-0.2, -0.15) is 0 Å². The second kappa shape index (κ2) is 7.94. The van der Waals surface area contributed by atoms with E-state index in [1.54, 1.807) is 23.5 Å². The molecular formula is C20H20N2O3S2. The van der Waals surface area contributed by atoms with Crippen LogP contribution in [0.1, 0.15) is 26.4 Å². The van der Waals surface area contributed by atoms with Gasteiger partial charge in [-0.05, 0) is 67.3 Å². The zero-order valence-corrected chi connectivity index (χ0v) is 16.7. The molecule has 0 bridgehead atoms. The van der Waals surface area contributed by atoms with Crippen LogP contribution in [0.25, 0.3) is 0 Å². The normalized spacial score (nSPS) is 11.2. The third-order valence-electron chi connectivity index (χ3n) is 4.11. The molecule has 5 nitrogen and oxygen atoms in total. The summed E-state index contributed by atoms with van der Waals surface area (Å²) in [5.74, 6) is -0.238. The zero-order valence-electron chi connectivity index (χ0n) is 15.0. The van der Waals surface area contributed by atoms with Crippen LogP contribution in [0.15, 0.2) is 64.9 Å². The lowest BCUT2D eigenvalue weighted by molar-refractivity contribution is 0.0951. The van der Waals surface area contributed by atoms with E-state index < -0.39 is 10.0 Å². The number of hydrogen-bond acceptors (Lipinski definition) is 4. The number of thiophene rings is 1. The predicted octanol–water partition coefficient (Wildman–Crippen LogP) is 4.10. The Bertz CT molecular complexity index is 1040. The van der Waals surface area contributed by atoms with E-state index in [2.05, 4.69) is 10.0 Å². The number of sulfonamides is 1. The molecule has 0 saturated carbocycles. The summed E-state index contributed by atoms with van der Waals surface area (Å²) in [6.45, 7) is 4.39. The average Bonchev–Trinajstić information content (AvgIpc) is 3.06. The van der Waals surface area contributed by atoms with Crippen LogP contribution in [-0.2, 0) is 16.6 Å².